The number of quaternary nitrogens is 1. The van der Waals surface area contributed by atoms with Gasteiger partial charge < -0.3 is 4.90 Å². The maximum Gasteiger partial charge on any atom is 0.249 e. The summed E-state index contributed by atoms with van der Waals surface area (Å²) in [5.74, 6) is -0.803. The van der Waals surface area contributed by atoms with Gasteiger partial charge in [-0.2, -0.15) is 0 Å². The molecule has 1 saturated heterocycles. The van der Waals surface area contributed by atoms with Crippen LogP contribution in [0.5, 0.6) is 0 Å². The lowest BCUT2D eigenvalue weighted by Crippen LogP contribution is -3.12. The van der Waals surface area contributed by atoms with Crippen molar-refractivity contribution in [3.8, 4) is 0 Å². The van der Waals surface area contributed by atoms with Crippen LogP contribution in [0.3, 0.4) is 0 Å². The van der Waals surface area contributed by atoms with Crippen LogP contribution in [0.15, 0.2) is 24.3 Å². The van der Waals surface area contributed by atoms with Gasteiger partial charge in [0.15, 0.2) is 5.13 Å². The fourth-order valence-corrected chi connectivity index (χ4v) is 4.20. The minimum absolute atomic E-state index is 0.191. The zero-order valence-corrected chi connectivity index (χ0v) is 16.6. The van der Waals surface area contributed by atoms with Crippen LogP contribution in [0.4, 0.5) is 5.13 Å². The number of aromatic nitrogens is 1. The van der Waals surface area contributed by atoms with E-state index in [1.165, 1.54) is 16.2 Å². The van der Waals surface area contributed by atoms with Gasteiger partial charge in [0.2, 0.25) is 17.7 Å². The van der Waals surface area contributed by atoms with Crippen LogP contribution >= 0.6 is 11.3 Å². The van der Waals surface area contributed by atoms with Gasteiger partial charge in [0.25, 0.3) is 0 Å². The summed E-state index contributed by atoms with van der Waals surface area (Å²) in [7, 11) is 0. The summed E-state index contributed by atoms with van der Waals surface area (Å²) in [6, 6.07) is 7.75. The summed E-state index contributed by atoms with van der Waals surface area (Å²) in [4.78, 5) is 45.5. The van der Waals surface area contributed by atoms with E-state index in [4.69, 9.17) is 0 Å². The van der Waals surface area contributed by atoms with Crippen molar-refractivity contribution >= 4 is 44.4 Å². The van der Waals surface area contributed by atoms with Crippen LogP contribution in [0.1, 0.15) is 26.7 Å². The monoisotopic (exact) mass is 389 g/mol. The number of hydrogen-bond donors (Lipinski definition) is 1. The van der Waals surface area contributed by atoms with E-state index in [1.54, 1.807) is 4.90 Å². The first-order valence-electron chi connectivity index (χ1n) is 9.36. The van der Waals surface area contributed by atoms with E-state index >= 15 is 0 Å². The highest BCUT2D eigenvalue weighted by Crippen LogP contribution is 2.28. The number of rotatable bonds is 8. The lowest BCUT2D eigenvalue weighted by molar-refractivity contribution is -0.894. The number of carbonyl (C=O) groups is 3. The first-order valence-corrected chi connectivity index (χ1v) is 10.2. The Kier molecular flexibility index (Phi) is 6.18. The van der Waals surface area contributed by atoms with Crippen molar-refractivity contribution in [2.24, 2.45) is 0 Å². The molecule has 8 heteroatoms. The first-order chi connectivity index (χ1) is 13.0. The molecule has 3 rings (SSSR count). The molecule has 3 amide bonds. The molecule has 0 bridgehead atoms. The van der Waals surface area contributed by atoms with E-state index in [-0.39, 0.29) is 37.1 Å². The van der Waals surface area contributed by atoms with E-state index in [0.29, 0.717) is 11.7 Å². The molecule has 1 fully saturated rings. The summed E-state index contributed by atoms with van der Waals surface area (Å²) in [6.45, 7) is 7.26. The Bertz CT molecular complexity index is 797. The Hall–Kier alpha value is -2.32. The standard InChI is InChI=1S/C19H24N4O3S/c1-3-21(4-2)11-12-22(18(26)13-23-16(24)9-10-17(23)25)19-20-14-7-5-6-8-15(14)27-19/h5-8H,3-4,9-13H2,1-2H3/p+1. The van der Waals surface area contributed by atoms with Crippen LogP contribution in [0, 0.1) is 0 Å². The fourth-order valence-electron chi connectivity index (χ4n) is 3.20. The molecule has 2 aromatic rings. The van der Waals surface area contributed by atoms with Crippen molar-refractivity contribution in [1.82, 2.24) is 9.88 Å². The third-order valence-corrected chi connectivity index (χ3v) is 6.01. The lowest BCUT2D eigenvalue weighted by atomic mass is 10.3. The number of hydrogen-bond acceptors (Lipinski definition) is 5. The maximum absolute atomic E-state index is 13.0. The van der Waals surface area contributed by atoms with E-state index in [1.807, 2.05) is 24.3 Å². The Labute approximate surface area is 162 Å². The largest absolute Gasteiger partial charge is 0.334 e. The summed E-state index contributed by atoms with van der Waals surface area (Å²) in [5.41, 5.74) is 0.846. The summed E-state index contributed by atoms with van der Waals surface area (Å²) in [5, 5.41) is 0.617. The number of imide groups is 1. The van der Waals surface area contributed by atoms with E-state index < -0.39 is 0 Å². The molecule has 0 atom stereocenters. The van der Waals surface area contributed by atoms with Crippen LogP contribution in [0.25, 0.3) is 10.2 Å². The molecule has 7 nitrogen and oxygen atoms in total. The molecule has 0 saturated carbocycles. The zero-order valence-electron chi connectivity index (χ0n) is 15.7. The number of likely N-dealkylation sites (N-methyl/N-ethyl adjacent to an activating group) is 1. The summed E-state index contributed by atoms with van der Waals surface area (Å²) in [6.07, 6.45) is 0.383. The number of thiazole rings is 1. The normalized spacial score (nSPS) is 14.6. The van der Waals surface area contributed by atoms with Gasteiger partial charge in [-0.25, -0.2) is 4.98 Å². The van der Waals surface area contributed by atoms with Gasteiger partial charge in [-0.1, -0.05) is 23.5 Å². The smallest absolute Gasteiger partial charge is 0.249 e. The molecule has 27 heavy (non-hydrogen) atoms. The van der Waals surface area contributed by atoms with E-state index in [2.05, 4.69) is 18.8 Å². The van der Waals surface area contributed by atoms with Gasteiger partial charge in [-0.15, -0.1) is 0 Å². The van der Waals surface area contributed by atoms with Crippen molar-refractivity contribution in [1.29, 1.82) is 0 Å². The fraction of sp³-hybridized carbons (Fsp3) is 0.474. The number of likely N-dealkylation sites (tertiary alicyclic amines) is 1. The van der Waals surface area contributed by atoms with Gasteiger partial charge in [-0.3, -0.25) is 24.2 Å². The number of benzene rings is 1. The second kappa shape index (κ2) is 8.58. The molecule has 1 aliphatic rings. The predicted molar refractivity (Wildman–Crippen MR) is 105 cm³/mol. The molecule has 0 aliphatic carbocycles. The average Bonchev–Trinajstić information content (AvgIpc) is 3.23. The Balaban J connectivity index is 1.83. The number of nitrogens with zero attached hydrogens (tertiary/aromatic N) is 3. The van der Waals surface area contributed by atoms with Crippen LogP contribution in [0.2, 0.25) is 0 Å². The topological polar surface area (TPSA) is 75.0 Å². The minimum atomic E-state index is -0.271. The Morgan fingerprint density at radius 1 is 1.19 bits per heavy atom. The number of para-hydroxylation sites is 1. The zero-order chi connectivity index (χ0) is 19.4. The average molecular weight is 390 g/mol. The number of nitrogens with one attached hydrogen (secondary N) is 1. The van der Waals surface area contributed by atoms with Crippen LogP contribution < -0.4 is 9.80 Å². The molecule has 1 aromatic carbocycles. The van der Waals surface area contributed by atoms with Crippen LogP contribution in [-0.4, -0.2) is 60.3 Å². The maximum atomic E-state index is 13.0. The van der Waals surface area contributed by atoms with Gasteiger partial charge >= 0.3 is 0 Å². The third kappa shape index (κ3) is 4.33. The predicted octanol–water partition coefficient (Wildman–Crippen LogP) is 0.703. The van der Waals surface area contributed by atoms with Crippen molar-refractivity contribution in [3.05, 3.63) is 24.3 Å². The van der Waals surface area contributed by atoms with Crippen LogP contribution in [-0.2, 0) is 14.4 Å². The number of amides is 3. The highest BCUT2D eigenvalue weighted by Gasteiger charge is 2.33. The lowest BCUT2D eigenvalue weighted by Gasteiger charge is -2.24. The Morgan fingerprint density at radius 2 is 1.85 bits per heavy atom. The number of anilines is 1. The summed E-state index contributed by atoms with van der Waals surface area (Å²) < 4.78 is 1.01. The second-order valence-corrected chi connectivity index (χ2v) is 7.60. The highest BCUT2D eigenvalue weighted by molar-refractivity contribution is 7.22. The SMILES string of the molecule is CC[NH+](CC)CCN(C(=O)CN1C(=O)CCC1=O)c1nc2ccccc2s1. The molecule has 1 aromatic heterocycles. The number of fused-ring (bicyclic) bond motifs is 1. The third-order valence-electron chi connectivity index (χ3n) is 4.95. The Morgan fingerprint density at radius 3 is 2.48 bits per heavy atom. The van der Waals surface area contributed by atoms with Gasteiger partial charge in [0, 0.05) is 12.8 Å². The van der Waals surface area contributed by atoms with Gasteiger partial charge in [0.1, 0.15) is 6.54 Å². The molecule has 1 aliphatic heterocycles. The quantitative estimate of drug-likeness (QED) is 0.675. The first kappa shape index (κ1) is 19.4. The molecular formula is C19H25N4O3S+. The molecule has 1 N–H and O–H groups in total. The second-order valence-electron chi connectivity index (χ2n) is 6.59. The van der Waals surface area contributed by atoms with Crippen molar-refractivity contribution in [3.63, 3.8) is 0 Å². The van der Waals surface area contributed by atoms with E-state index in [0.717, 1.165) is 34.8 Å². The molecule has 2 heterocycles. The molecule has 0 unspecified atom stereocenters. The molecular weight excluding hydrogens is 364 g/mol. The highest BCUT2D eigenvalue weighted by atomic mass is 32.1. The van der Waals surface area contributed by atoms with Gasteiger partial charge in [0.05, 0.1) is 36.4 Å². The molecule has 0 radical (unpaired) electrons. The van der Waals surface area contributed by atoms with Crippen molar-refractivity contribution < 1.29 is 19.3 Å². The van der Waals surface area contributed by atoms with Crippen molar-refractivity contribution in [2.75, 3.05) is 37.6 Å². The van der Waals surface area contributed by atoms with Gasteiger partial charge in [-0.05, 0) is 26.0 Å². The molecule has 0 spiro atoms. The summed E-state index contributed by atoms with van der Waals surface area (Å²) >= 11 is 1.46. The number of carbonyl (C=O) groups excluding carboxylic acids is 3. The molecule has 144 valence electrons. The van der Waals surface area contributed by atoms with E-state index in [9.17, 15) is 14.4 Å². The van der Waals surface area contributed by atoms with Crippen molar-refractivity contribution in [2.45, 2.75) is 26.7 Å². The minimum Gasteiger partial charge on any atom is -0.334 e.